The van der Waals surface area contributed by atoms with Crippen LogP contribution in [0.1, 0.15) is 41.0 Å². The largest absolute Gasteiger partial charge is 0.494 e. The van der Waals surface area contributed by atoms with E-state index in [4.69, 9.17) is 9.47 Å². The minimum absolute atomic E-state index is 0.142. The fourth-order valence-electron chi connectivity index (χ4n) is 1.60. The summed E-state index contributed by atoms with van der Waals surface area (Å²) in [5.41, 5.74) is 0.163. The lowest BCUT2D eigenvalue weighted by atomic mass is 10.0. The third-order valence-electron chi connectivity index (χ3n) is 3.22. The molecule has 0 spiro atoms. The first kappa shape index (κ1) is 15.8. The predicted octanol–water partition coefficient (Wildman–Crippen LogP) is 3.63. The highest BCUT2D eigenvalue weighted by Crippen LogP contribution is 2.18. The normalized spacial score (nSPS) is 13.1. The Morgan fingerprint density at radius 1 is 1.11 bits per heavy atom. The van der Waals surface area contributed by atoms with Gasteiger partial charge in [0.05, 0.1) is 6.61 Å². The Morgan fingerprint density at radius 2 is 1.68 bits per heavy atom. The molecule has 0 fully saturated rings. The summed E-state index contributed by atoms with van der Waals surface area (Å²) >= 11 is 0. The molecule has 108 valence electrons. The number of hydrogen-bond donors (Lipinski definition) is 1. The Labute approximate surface area is 117 Å². The van der Waals surface area contributed by atoms with Crippen LogP contribution in [0.2, 0.25) is 0 Å². The summed E-state index contributed by atoms with van der Waals surface area (Å²) in [5.74, 6) is 1.76. The molecule has 0 radical (unpaired) electrons. The van der Waals surface area contributed by atoms with E-state index in [0.29, 0.717) is 6.61 Å². The molecule has 0 aliphatic carbocycles. The molecule has 0 bridgehead atoms. The van der Waals surface area contributed by atoms with Crippen LogP contribution in [0.3, 0.4) is 0 Å². The van der Waals surface area contributed by atoms with E-state index < -0.39 is 0 Å². The van der Waals surface area contributed by atoms with Gasteiger partial charge in [-0.25, -0.2) is 0 Å². The smallest absolute Gasteiger partial charge is 0.120 e. The van der Waals surface area contributed by atoms with Crippen LogP contribution in [0.4, 0.5) is 0 Å². The average Bonchev–Trinajstić information content (AvgIpc) is 2.39. The van der Waals surface area contributed by atoms with Crippen molar-refractivity contribution < 1.29 is 9.47 Å². The van der Waals surface area contributed by atoms with E-state index in [1.165, 1.54) is 0 Å². The third kappa shape index (κ3) is 5.97. The Morgan fingerprint density at radius 3 is 2.21 bits per heavy atom. The molecule has 19 heavy (non-hydrogen) atoms. The first-order chi connectivity index (χ1) is 8.96. The van der Waals surface area contributed by atoms with Gasteiger partial charge in [0.2, 0.25) is 0 Å². The lowest BCUT2D eigenvalue weighted by Crippen LogP contribution is -2.43. The Balaban J connectivity index is 2.41. The van der Waals surface area contributed by atoms with Crippen LogP contribution in [0.25, 0.3) is 0 Å². The number of rotatable bonds is 8. The summed E-state index contributed by atoms with van der Waals surface area (Å²) in [4.78, 5) is 0. The molecule has 1 unspecified atom stereocenters. The molecule has 0 amide bonds. The van der Waals surface area contributed by atoms with Gasteiger partial charge in [0.25, 0.3) is 0 Å². The molecule has 3 nitrogen and oxygen atoms in total. The number of hydrogen-bond acceptors (Lipinski definition) is 3. The lowest BCUT2D eigenvalue weighted by Gasteiger charge is -2.27. The fraction of sp³-hybridized carbons (Fsp3) is 0.625. The van der Waals surface area contributed by atoms with Crippen molar-refractivity contribution in [1.29, 1.82) is 0 Å². The summed E-state index contributed by atoms with van der Waals surface area (Å²) < 4.78 is 11.3. The van der Waals surface area contributed by atoms with Gasteiger partial charge in [0.1, 0.15) is 17.6 Å². The Kier molecular flexibility index (Phi) is 6.16. The van der Waals surface area contributed by atoms with Crippen LogP contribution in [0.15, 0.2) is 24.3 Å². The molecular weight excluding hydrogens is 238 g/mol. The first-order valence-corrected chi connectivity index (χ1v) is 7.11. The van der Waals surface area contributed by atoms with E-state index >= 15 is 0 Å². The maximum atomic E-state index is 5.87. The maximum absolute atomic E-state index is 5.87. The quantitative estimate of drug-likeness (QED) is 0.778. The van der Waals surface area contributed by atoms with E-state index in [1.54, 1.807) is 0 Å². The maximum Gasteiger partial charge on any atom is 0.120 e. The number of benzene rings is 1. The van der Waals surface area contributed by atoms with Crippen LogP contribution in [-0.2, 0) is 0 Å². The summed E-state index contributed by atoms with van der Waals surface area (Å²) in [6, 6.07) is 7.78. The van der Waals surface area contributed by atoms with E-state index in [2.05, 4.69) is 33.0 Å². The van der Waals surface area contributed by atoms with Gasteiger partial charge in [-0.05, 0) is 58.4 Å². The molecule has 1 aromatic rings. The SMILES string of the molecule is CCOc1ccc(OC(C)CNC(C)(C)CC)cc1. The second-order valence-corrected chi connectivity index (χ2v) is 5.45. The van der Waals surface area contributed by atoms with Crippen LogP contribution in [0.5, 0.6) is 11.5 Å². The molecule has 0 aromatic heterocycles. The van der Waals surface area contributed by atoms with Crippen molar-refractivity contribution in [3.05, 3.63) is 24.3 Å². The Hall–Kier alpha value is -1.22. The van der Waals surface area contributed by atoms with Crippen molar-refractivity contribution >= 4 is 0 Å². The zero-order chi connectivity index (χ0) is 14.3. The molecule has 1 aromatic carbocycles. The summed E-state index contributed by atoms with van der Waals surface area (Å²) in [6.07, 6.45) is 1.24. The topological polar surface area (TPSA) is 30.5 Å². The standard InChI is InChI=1S/C16H27NO2/c1-6-16(4,5)17-12-13(3)19-15-10-8-14(9-11-15)18-7-2/h8-11,13,17H,6-7,12H2,1-5H3. The van der Waals surface area contributed by atoms with Crippen molar-refractivity contribution in [2.75, 3.05) is 13.2 Å². The number of ether oxygens (including phenoxy) is 2. The van der Waals surface area contributed by atoms with Crippen molar-refractivity contribution in [3.8, 4) is 11.5 Å². The minimum Gasteiger partial charge on any atom is -0.494 e. The van der Waals surface area contributed by atoms with Gasteiger partial charge in [0, 0.05) is 12.1 Å². The number of nitrogens with one attached hydrogen (secondary N) is 1. The van der Waals surface area contributed by atoms with Crippen molar-refractivity contribution in [2.45, 2.75) is 52.7 Å². The summed E-state index contributed by atoms with van der Waals surface area (Å²) in [7, 11) is 0. The highest BCUT2D eigenvalue weighted by Gasteiger charge is 2.15. The molecule has 1 atom stereocenters. The second-order valence-electron chi connectivity index (χ2n) is 5.45. The van der Waals surface area contributed by atoms with Crippen molar-refractivity contribution in [2.24, 2.45) is 0 Å². The van der Waals surface area contributed by atoms with Gasteiger partial charge in [-0.2, -0.15) is 0 Å². The molecule has 0 aliphatic heterocycles. The van der Waals surface area contributed by atoms with Crippen molar-refractivity contribution in [1.82, 2.24) is 5.32 Å². The minimum atomic E-state index is 0.142. The second kappa shape index (κ2) is 7.39. The van der Waals surface area contributed by atoms with E-state index in [9.17, 15) is 0 Å². The van der Waals surface area contributed by atoms with E-state index in [1.807, 2.05) is 31.2 Å². The van der Waals surface area contributed by atoms with Gasteiger partial charge in [-0.3, -0.25) is 0 Å². The summed E-state index contributed by atoms with van der Waals surface area (Å²) in [6.45, 7) is 12.2. The molecule has 0 aliphatic rings. The highest BCUT2D eigenvalue weighted by molar-refractivity contribution is 5.31. The third-order valence-corrected chi connectivity index (χ3v) is 3.22. The van der Waals surface area contributed by atoms with Gasteiger partial charge in [-0.15, -0.1) is 0 Å². The molecule has 1 rings (SSSR count). The Bertz CT molecular complexity index is 360. The monoisotopic (exact) mass is 265 g/mol. The van der Waals surface area contributed by atoms with Gasteiger partial charge in [-0.1, -0.05) is 6.92 Å². The van der Waals surface area contributed by atoms with E-state index in [-0.39, 0.29) is 11.6 Å². The molecular formula is C16H27NO2. The molecule has 0 heterocycles. The lowest BCUT2D eigenvalue weighted by molar-refractivity contribution is 0.198. The zero-order valence-electron chi connectivity index (χ0n) is 12.8. The van der Waals surface area contributed by atoms with Gasteiger partial charge >= 0.3 is 0 Å². The van der Waals surface area contributed by atoms with Crippen LogP contribution >= 0.6 is 0 Å². The molecule has 0 saturated carbocycles. The average molecular weight is 265 g/mol. The van der Waals surface area contributed by atoms with E-state index in [0.717, 1.165) is 24.5 Å². The molecule has 0 saturated heterocycles. The van der Waals surface area contributed by atoms with Crippen LogP contribution in [0, 0.1) is 0 Å². The first-order valence-electron chi connectivity index (χ1n) is 7.11. The van der Waals surface area contributed by atoms with Gasteiger partial charge in [0.15, 0.2) is 0 Å². The van der Waals surface area contributed by atoms with Crippen molar-refractivity contribution in [3.63, 3.8) is 0 Å². The predicted molar refractivity (Wildman–Crippen MR) is 80.1 cm³/mol. The van der Waals surface area contributed by atoms with Gasteiger partial charge < -0.3 is 14.8 Å². The molecule has 3 heteroatoms. The van der Waals surface area contributed by atoms with Crippen LogP contribution < -0.4 is 14.8 Å². The van der Waals surface area contributed by atoms with Crippen LogP contribution in [-0.4, -0.2) is 24.8 Å². The highest BCUT2D eigenvalue weighted by atomic mass is 16.5. The summed E-state index contributed by atoms with van der Waals surface area (Å²) in [5, 5.41) is 3.51. The fourth-order valence-corrected chi connectivity index (χ4v) is 1.60. The molecule has 1 N–H and O–H groups in total. The zero-order valence-corrected chi connectivity index (χ0v) is 12.8.